The van der Waals surface area contributed by atoms with E-state index in [1.807, 2.05) is 6.92 Å². The van der Waals surface area contributed by atoms with Gasteiger partial charge in [0.25, 0.3) is 11.8 Å². The van der Waals surface area contributed by atoms with E-state index in [4.69, 9.17) is 11.6 Å². The first-order valence-electron chi connectivity index (χ1n) is 8.61. The molecule has 0 saturated carbocycles. The van der Waals surface area contributed by atoms with Crippen molar-refractivity contribution >= 4 is 29.1 Å². The average Bonchev–Trinajstić information content (AvgIpc) is 2.97. The summed E-state index contributed by atoms with van der Waals surface area (Å²) in [4.78, 5) is 24.7. The Balaban J connectivity index is 1.87. The van der Waals surface area contributed by atoms with Crippen LogP contribution in [0.4, 0.5) is 10.1 Å². The Morgan fingerprint density at radius 2 is 1.86 bits per heavy atom. The quantitative estimate of drug-likeness (QED) is 0.680. The second kappa shape index (κ2) is 8.22. The molecule has 0 aliphatic carbocycles. The number of amides is 2. The predicted octanol–water partition coefficient (Wildman–Crippen LogP) is 3.98. The largest absolute Gasteiger partial charge is 0.352 e. The van der Waals surface area contributed by atoms with Crippen LogP contribution in [0.2, 0.25) is 5.15 Å². The number of aromatic nitrogens is 2. The summed E-state index contributed by atoms with van der Waals surface area (Å²) in [6.07, 6.45) is 0. The van der Waals surface area contributed by atoms with E-state index in [0.29, 0.717) is 29.2 Å². The van der Waals surface area contributed by atoms with Crippen LogP contribution in [0.1, 0.15) is 33.3 Å². The molecule has 8 heteroatoms. The number of carbonyl (C=O) groups is 2. The molecule has 0 fully saturated rings. The highest BCUT2D eigenvalue weighted by Crippen LogP contribution is 2.25. The topological polar surface area (TPSA) is 76.0 Å². The van der Waals surface area contributed by atoms with Crippen molar-refractivity contribution in [2.45, 2.75) is 13.8 Å². The fourth-order valence-electron chi connectivity index (χ4n) is 2.70. The molecule has 2 aromatic carbocycles. The third kappa shape index (κ3) is 4.04. The Labute approximate surface area is 166 Å². The van der Waals surface area contributed by atoms with Crippen LogP contribution in [0, 0.1) is 12.7 Å². The number of carbonyl (C=O) groups excluding carboxylic acids is 2. The molecule has 28 heavy (non-hydrogen) atoms. The summed E-state index contributed by atoms with van der Waals surface area (Å²) >= 11 is 6.37. The van der Waals surface area contributed by atoms with Crippen molar-refractivity contribution in [1.82, 2.24) is 15.1 Å². The van der Waals surface area contributed by atoms with E-state index in [1.54, 1.807) is 31.2 Å². The molecule has 3 rings (SSSR count). The smallest absolute Gasteiger partial charge is 0.260 e. The van der Waals surface area contributed by atoms with Crippen LogP contribution in [0.3, 0.4) is 0 Å². The molecule has 0 atom stereocenters. The normalized spacial score (nSPS) is 10.6. The van der Waals surface area contributed by atoms with Crippen molar-refractivity contribution in [2.24, 2.45) is 0 Å². The summed E-state index contributed by atoms with van der Waals surface area (Å²) in [5.74, 6) is -1.06. The van der Waals surface area contributed by atoms with E-state index in [0.717, 1.165) is 0 Å². The lowest BCUT2D eigenvalue weighted by molar-refractivity contribution is 0.0954. The standard InChI is InChI=1S/C20H18ClFN4O2/c1-3-23-19(27)13-5-4-6-15(11-13)24-20(28)17-12(2)25-26(18(17)21)16-9-7-14(22)8-10-16/h4-11H,3H2,1-2H3,(H,23,27)(H,24,28). The minimum absolute atomic E-state index is 0.112. The summed E-state index contributed by atoms with van der Waals surface area (Å²) in [6, 6.07) is 12.2. The van der Waals surface area contributed by atoms with Crippen LogP contribution in [-0.4, -0.2) is 28.1 Å². The van der Waals surface area contributed by atoms with Gasteiger partial charge in [0, 0.05) is 17.8 Å². The highest BCUT2D eigenvalue weighted by atomic mass is 35.5. The molecule has 2 amide bonds. The number of hydrogen-bond acceptors (Lipinski definition) is 3. The molecular formula is C20H18ClFN4O2. The van der Waals surface area contributed by atoms with E-state index in [9.17, 15) is 14.0 Å². The van der Waals surface area contributed by atoms with E-state index in [2.05, 4.69) is 15.7 Å². The fourth-order valence-corrected chi connectivity index (χ4v) is 3.06. The second-order valence-corrected chi connectivity index (χ2v) is 6.39. The Hall–Kier alpha value is -3.19. The van der Waals surface area contributed by atoms with Crippen LogP contribution in [-0.2, 0) is 0 Å². The number of anilines is 1. The lowest BCUT2D eigenvalue weighted by Crippen LogP contribution is -2.22. The number of benzene rings is 2. The number of halogens is 2. The molecule has 6 nitrogen and oxygen atoms in total. The van der Waals surface area contributed by atoms with Gasteiger partial charge in [-0.1, -0.05) is 17.7 Å². The van der Waals surface area contributed by atoms with Gasteiger partial charge in [-0.2, -0.15) is 5.10 Å². The monoisotopic (exact) mass is 400 g/mol. The molecule has 0 unspecified atom stereocenters. The number of rotatable bonds is 5. The van der Waals surface area contributed by atoms with E-state index in [1.165, 1.54) is 28.9 Å². The molecule has 1 aromatic heterocycles. The van der Waals surface area contributed by atoms with E-state index in [-0.39, 0.29) is 22.4 Å². The van der Waals surface area contributed by atoms with Crippen LogP contribution in [0.5, 0.6) is 0 Å². The number of nitrogens with one attached hydrogen (secondary N) is 2. The van der Waals surface area contributed by atoms with Crippen molar-refractivity contribution in [3.05, 3.63) is 76.3 Å². The summed E-state index contributed by atoms with van der Waals surface area (Å²) in [5, 5.41) is 9.83. The molecule has 3 aromatic rings. The molecule has 0 saturated heterocycles. The first-order valence-corrected chi connectivity index (χ1v) is 8.99. The maximum absolute atomic E-state index is 13.1. The Morgan fingerprint density at radius 3 is 2.54 bits per heavy atom. The van der Waals surface area contributed by atoms with Crippen molar-refractivity contribution in [1.29, 1.82) is 0 Å². The maximum atomic E-state index is 13.1. The molecule has 1 heterocycles. The molecule has 0 aliphatic heterocycles. The molecular weight excluding hydrogens is 383 g/mol. The molecule has 144 valence electrons. The van der Waals surface area contributed by atoms with Gasteiger partial charge in [-0.3, -0.25) is 9.59 Å². The fraction of sp³-hybridized carbons (Fsp3) is 0.150. The molecule has 0 spiro atoms. The van der Waals surface area contributed by atoms with Gasteiger partial charge in [0.2, 0.25) is 0 Å². The molecule has 0 aliphatic rings. The van der Waals surface area contributed by atoms with Crippen molar-refractivity contribution in [2.75, 3.05) is 11.9 Å². The zero-order valence-electron chi connectivity index (χ0n) is 15.3. The van der Waals surface area contributed by atoms with Gasteiger partial charge in [-0.25, -0.2) is 9.07 Å². The van der Waals surface area contributed by atoms with E-state index >= 15 is 0 Å². The zero-order chi connectivity index (χ0) is 20.3. The molecule has 0 bridgehead atoms. The number of aryl methyl sites for hydroxylation is 1. The van der Waals surface area contributed by atoms with Gasteiger partial charge >= 0.3 is 0 Å². The van der Waals surface area contributed by atoms with Crippen LogP contribution in [0.25, 0.3) is 5.69 Å². The van der Waals surface area contributed by atoms with Gasteiger partial charge in [-0.05, 0) is 56.3 Å². The Kier molecular flexibility index (Phi) is 5.75. The van der Waals surface area contributed by atoms with Crippen LogP contribution in [0.15, 0.2) is 48.5 Å². The second-order valence-electron chi connectivity index (χ2n) is 6.03. The third-order valence-electron chi connectivity index (χ3n) is 4.02. The van der Waals surface area contributed by atoms with Crippen molar-refractivity contribution in [3.63, 3.8) is 0 Å². The van der Waals surface area contributed by atoms with Crippen molar-refractivity contribution in [3.8, 4) is 5.69 Å². The van der Waals surface area contributed by atoms with Gasteiger partial charge < -0.3 is 10.6 Å². The first-order chi connectivity index (χ1) is 13.4. The van der Waals surface area contributed by atoms with Gasteiger partial charge in [0.1, 0.15) is 16.5 Å². The van der Waals surface area contributed by atoms with Crippen molar-refractivity contribution < 1.29 is 14.0 Å². The SMILES string of the molecule is CCNC(=O)c1cccc(NC(=O)c2c(C)nn(-c3ccc(F)cc3)c2Cl)c1. The van der Waals surface area contributed by atoms with Crippen LogP contribution >= 0.6 is 11.6 Å². The highest BCUT2D eigenvalue weighted by molar-refractivity contribution is 6.34. The summed E-state index contributed by atoms with van der Waals surface area (Å²) < 4.78 is 14.5. The van der Waals surface area contributed by atoms with Gasteiger partial charge in [-0.15, -0.1) is 0 Å². The van der Waals surface area contributed by atoms with Gasteiger partial charge in [0.05, 0.1) is 11.4 Å². The molecule has 0 radical (unpaired) electrons. The molecule has 2 N–H and O–H groups in total. The zero-order valence-corrected chi connectivity index (χ0v) is 16.0. The third-order valence-corrected chi connectivity index (χ3v) is 4.37. The number of nitrogens with zero attached hydrogens (tertiary/aromatic N) is 2. The first kappa shape index (κ1) is 19.6. The lowest BCUT2D eigenvalue weighted by Gasteiger charge is -2.08. The van der Waals surface area contributed by atoms with Crippen LogP contribution < -0.4 is 10.6 Å². The Morgan fingerprint density at radius 1 is 1.14 bits per heavy atom. The average molecular weight is 401 g/mol. The van der Waals surface area contributed by atoms with E-state index < -0.39 is 5.91 Å². The van der Waals surface area contributed by atoms with Gasteiger partial charge in [0.15, 0.2) is 0 Å². The minimum Gasteiger partial charge on any atom is -0.352 e. The maximum Gasteiger partial charge on any atom is 0.260 e. The minimum atomic E-state index is -0.455. The predicted molar refractivity (Wildman–Crippen MR) is 106 cm³/mol. The summed E-state index contributed by atoms with van der Waals surface area (Å²) in [6.45, 7) is 3.99. The Bertz CT molecular complexity index is 1030. The number of hydrogen-bond donors (Lipinski definition) is 2. The summed E-state index contributed by atoms with van der Waals surface area (Å²) in [7, 11) is 0. The highest BCUT2D eigenvalue weighted by Gasteiger charge is 2.21. The summed E-state index contributed by atoms with van der Waals surface area (Å²) in [5.41, 5.74) is 2.05. The lowest BCUT2D eigenvalue weighted by atomic mass is 10.1.